The lowest BCUT2D eigenvalue weighted by atomic mass is 9.99. The van der Waals surface area contributed by atoms with E-state index in [0.29, 0.717) is 21.3 Å². The Bertz CT molecular complexity index is 1140. The fourth-order valence-electron chi connectivity index (χ4n) is 3.22. The summed E-state index contributed by atoms with van der Waals surface area (Å²) < 4.78 is 0. The van der Waals surface area contributed by atoms with Gasteiger partial charge in [-0.1, -0.05) is 40.9 Å². The summed E-state index contributed by atoms with van der Waals surface area (Å²) in [5, 5.41) is 13.9. The SMILES string of the molecule is O=C1C(=O)N(c2ccc(Cl)cc2)C(c2cccs2)/C1=C(/O)c1ccc(Cl)c(Cl)c1. The van der Waals surface area contributed by atoms with Crippen molar-refractivity contribution in [2.75, 3.05) is 4.90 Å². The van der Waals surface area contributed by atoms with Gasteiger partial charge in [-0.2, -0.15) is 0 Å². The van der Waals surface area contributed by atoms with E-state index in [0.717, 1.165) is 4.88 Å². The second-order valence-corrected chi connectivity index (χ2v) is 8.52. The fraction of sp³-hybridized carbons (Fsp3) is 0.0476. The van der Waals surface area contributed by atoms with Crippen LogP contribution in [0.1, 0.15) is 16.5 Å². The molecule has 8 heteroatoms. The Morgan fingerprint density at radius 2 is 1.69 bits per heavy atom. The van der Waals surface area contributed by atoms with Gasteiger partial charge in [0.15, 0.2) is 0 Å². The summed E-state index contributed by atoms with van der Waals surface area (Å²) in [6.07, 6.45) is 0. The number of ketones is 1. The van der Waals surface area contributed by atoms with Crippen molar-refractivity contribution in [3.63, 3.8) is 0 Å². The number of anilines is 1. The van der Waals surface area contributed by atoms with Crippen LogP contribution in [0.2, 0.25) is 15.1 Å². The number of halogens is 3. The molecule has 29 heavy (non-hydrogen) atoms. The Kier molecular flexibility index (Phi) is 5.40. The summed E-state index contributed by atoms with van der Waals surface area (Å²) in [5.41, 5.74) is 0.795. The minimum Gasteiger partial charge on any atom is -0.507 e. The van der Waals surface area contributed by atoms with Crippen LogP contribution in [0.3, 0.4) is 0 Å². The van der Waals surface area contributed by atoms with E-state index in [2.05, 4.69) is 0 Å². The average molecular weight is 465 g/mol. The maximum atomic E-state index is 12.9. The Hall–Kier alpha value is -2.31. The highest BCUT2D eigenvalue weighted by molar-refractivity contribution is 7.10. The minimum atomic E-state index is -0.776. The second-order valence-electron chi connectivity index (χ2n) is 6.29. The summed E-state index contributed by atoms with van der Waals surface area (Å²) in [4.78, 5) is 28.0. The first kappa shape index (κ1) is 20.0. The zero-order valence-electron chi connectivity index (χ0n) is 14.6. The molecule has 0 saturated carbocycles. The number of hydrogen-bond donors (Lipinski definition) is 1. The van der Waals surface area contributed by atoms with Crippen LogP contribution < -0.4 is 4.90 Å². The van der Waals surface area contributed by atoms with Crippen molar-refractivity contribution in [2.24, 2.45) is 0 Å². The van der Waals surface area contributed by atoms with Crippen LogP contribution in [0.4, 0.5) is 5.69 Å². The lowest BCUT2D eigenvalue weighted by Gasteiger charge is -2.24. The maximum absolute atomic E-state index is 12.9. The molecule has 1 unspecified atom stereocenters. The van der Waals surface area contributed by atoms with Gasteiger partial charge in [0.25, 0.3) is 11.7 Å². The van der Waals surface area contributed by atoms with Gasteiger partial charge in [-0.15, -0.1) is 11.3 Å². The molecular weight excluding hydrogens is 453 g/mol. The van der Waals surface area contributed by atoms with Gasteiger partial charge in [-0.3, -0.25) is 14.5 Å². The molecule has 2 heterocycles. The van der Waals surface area contributed by atoms with Gasteiger partial charge in [-0.05, 0) is 53.9 Å². The number of amides is 1. The number of carbonyl (C=O) groups is 2. The molecule has 1 amide bonds. The van der Waals surface area contributed by atoms with E-state index in [4.69, 9.17) is 34.8 Å². The maximum Gasteiger partial charge on any atom is 0.300 e. The lowest BCUT2D eigenvalue weighted by molar-refractivity contribution is -0.132. The van der Waals surface area contributed by atoms with E-state index in [1.54, 1.807) is 30.3 Å². The molecule has 0 radical (unpaired) electrons. The number of aliphatic hydroxyl groups excluding tert-OH is 1. The first-order chi connectivity index (χ1) is 13.9. The van der Waals surface area contributed by atoms with Gasteiger partial charge in [0.1, 0.15) is 11.8 Å². The lowest BCUT2D eigenvalue weighted by Crippen LogP contribution is -2.29. The molecule has 146 valence electrons. The van der Waals surface area contributed by atoms with Gasteiger partial charge in [0, 0.05) is 21.2 Å². The molecule has 1 aliphatic heterocycles. The number of rotatable bonds is 3. The van der Waals surface area contributed by atoms with Crippen LogP contribution in [-0.4, -0.2) is 16.8 Å². The van der Waals surface area contributed by atoms with Crippen LogP contribution in [-0.2, 0) is 9.59 Å². The van der Waals surface area contributed by atoms with Crippen LogP contribution in [0.5, 0.6) is 0 Å². The Morgan fingerprint density at radius 3 is 2.31 bits per heavy atom. The fourth-order valence-corrected chi connectivity index (χ4v) is 4.46. The van der Waals surface area contributed by atoms with Gasteiger partial charge >= 0.3 is 0 Å². The summed E-state index contributed by atoms with van der Waals surface area (Å²) >= 11 is 19.4. The largest absolute Gasteiger partial charge is 0.507 e. The minimum absolute atomic E-state index is 0.00853. The van der Waals surface area contributed by atoms with Crippen LogP contribution in [0.25, 0.3) is 5.76 Å². The standard InChI is InChI=1S/C21H12Cl3NO3S/c22-12-4-6-13(7-5-12)25-18(16-2-1-9-29-16)17(20(27)21(25)28)19(26)11-3-8-14(23)15(24)10-11/h1-10,18,26H/b19-17-. The topological polar surface area (TPSA) is 57.6 Å². The van der Waals surface area contributed by atoms with Crippen LogP contribution in [0.15, 0.2) is 65.6 Å². The first-order valence-electron chi connectivity index (χ1n) is 8.44. The van der Waals surface area contributed by atoms with Gasteiger partial charge in [0.05, 0.1) is 15.6 Å². The van der Waals surface area contributed by atoms with Crippen molar-refractivity contribution in [3.8, 4) is 0 Å². The smallest absolute Gasteiger partial charge is 0.300 e. The van der Waals surface area contributed by atoms with Crippen LogP contribution >= 0.6 is 46.1 Å². The molecule has 1 saturated heterocycles. The first-order valence-corrected chi connectivity index (χ1v) is 10.4. The molecule has 1 N–H and O–H groups in total. The monoisotopic (exact) mass is 463 g/mol. The zero-order valence-corrected chi connectivity index (χ0v) is 17.7. The van der Waals surface area contributed by atoms with Crippen molar-refractivity contribution in [1.82, 2.24) is 0 Å². The predicted molar refractivity (Wildman–Crippen MR) is 117 cm³/mol. The highest BCUT2D eigenvalue weighted by Gasteiger charge is 2.47. The third-order valence-corrected chi connectivity index (χ3v) is 6.47. The average Bonchev–Trinajstić information content (AvgIpc) is 3.32. The molecule has 1 atom stereocenters. The molecule has 1 aliphatic rings. The third kappa shape index (κ3) is 3.55. The normalized spacial score (nSPS) is 18.4. The highest BCUT2D eigenvalue weighted by atomic mass is 35.5. The Balaban J connectivity index is 1.92. The molecule has 0 spiro atoms. The molecule has 3 aromatic rings. The third-order valence-electron chi connectivity index (χ3n) is 4.55. The summed E-state index contributed by atoms with van der Waals surface area (Å²) in [6, 6.07) is 14.0. The molecule has 4 nitrogen and oxygen atoms in total. The number of Topliss-reactive ketones (excluding diaryl/α,β-unsaturated/α-hetero) is 1. The molecule has 1 aromatic heterocycles. The van der Waals surface area contributed by atoms with Crippen molar-refractivity contribution in [2.45, 2.75) is 6.04 Å². The number of aliphatic hydroxyl groups is 1. The summed E-state index contributed by atoms with van der Waals surface area (Å²) in [7, 11) is 0. The van der Waals surface area contributed by atoms with E-state index in [9.17, 15) is 14.7 Å². The molecule has 2 aromatic carbocycles. The summed E-state index contributed by atoms with van der Waals surface area (Å²) in [5.74, 6) is -1.81. The van der Waals surface area contributed by atoms with Crippen molar-refractivity contribution >= 4 is 69.3 Å². The second kappa shape index (κ2) is 7.84. The quantitative estimate of drug-likeness (QED) is 0.280. The number of nitrogens with zero attached hydrogens (tertiary/aromatic N) is 1. The van der Waals surface area contributed by atoms with Gasteiger partial charge in [0.2, 0.25) is 0 Å². The number of benzene rings is 2. The molecule has 4 rings (SSSR count). The van der Waals surface area contributed by atoms with Crippen molar-refractivity contribution in [1.29, 1.82) is 0 Å². The number of thiophene rings is 1. The van der Waals surface area contributed by atoms with Crippen molar-refractivity contribution < 1.29 is 14.7 Å². The Labute approximate surface area is 185 Å². The van der Waals surface area contributed by atoms with E-state index in [1.807, 2.05) is 17.5 Å². The van der Waals surface area contributed by atoms with E-state index in [1.165, 1.54) is 28.4 Å². The van der Waals surface area contributed by atoms with Crippen molar-refractivity contribution in [3.05, 3.63) is 91.1 Å². The van der Waals surface area contributed by atoms with Crippen LogP contribution in [0, 0.1) is 0 Å². The molecule has 1 fully saturated rings. The number of hydrogen-bond acceptors (Lipinski definition) is 4. The van der Waals surface area contributed by atoms with E-state index >= 15 is 0 Å². The highest BCUT2D eigenvalue weighted by Crippen LogP contribution is 2.44. The predicted octanol–water partition coefficient (Wildman–Crippen LogP) is 6.33. The molecule has 0 aliphatic carbocycles. The Morgan fingerprint density at radius 1 is 0.966 bits per heavy atom. The zero-order chi connectivity index (χ0) is 20.7. The summed E-state index contributed by atoms with van der Waals surface area (Å²) in [6.45, 7) is 0. The van der Waals surface area contributed by atoms with E-state index in [-0.39, 0.29) is 16.4 Å². The van der Waals surface area contributed by atoms with Gasteiger partial charge in [-0.25, -0.2) is 0 Å². The van der Waals surface area contributed by atoms with E-state index < -0.39 is 17.7 Å². The molecular formula is C21H12Cl3NO3S. The molecule has 0 bridgehead atoms. The van der Waals surface area contributed by atoms with Gasteiger partial charge < -0.3 is 5.11 Å². The number of carbonyl (C=O) groups excluding carboxylic acids is 2.